The maximum Gasteiger partial charge on any atom is 0.259 e. The molecule has 0 radical (unpaired) electrons. The normalized spacial score (nSPS) is 12.9. The highest BCUT2D eigenvalue weighted by molar-refractivity contribution is 7.90. The minimum absolute atomic E-state index is 0.0138. The Morgan fingerprint density at radius 1 is 1.24 bits per heavy atom. The van der Waals surface area contributed by atoms with E-state index in [9.17, 15) is 13.2 Å². The van der Waals surface area contributed by atoms with Crippen LogP contribution in [0.4, 0.5) is 0 Å². The Labute approximate surface area is 105 Å². The lowest BCUT2D eigenvalue weighted by atomic mass is 9.90. The Balaban J connectivity index is 5.79. The van der Waals surface area contributed by atoms with Crippen LogP contribution in [-0.2, 0) is 14.8 Å². The van der Waals surface area contributed by atoms with Crippen molar-refractivity contribution in [2.24, 2.45) is 5.92 Å². The van der Waals surface area contributed by atoms with Crippen molar-refractivity contribution >= 4 is 15.9 Å². The molecular formula is C12H23NO3S. The molecule has 0 N–H and O–H groups in total. The van der Waals surface area contributed by atoms with Crippen molar-refractivity contribution in [3.05, 3.63) is 12.7 Å². The van der Waals surface area contributed by atoms with Gasteiger partial charge in [-0.05, 0) is 39.7 Å². The fourth-order valence-corrected chi connectivity index (χ4v) is 2.88. The van der Waals surface area contributed by atoms with Crippen LogP contribution in [0.15, 0.2) is 12.7 Å². The lowest BCUT2D eigenvalue weighted by Gasteiger charge is -2.41. The van der Waals surface area contributed by atoms with Crippen LogP contribution >= 0.6 is 0 Å². The number of carbonyl (C=O) groups is 1. The first-order valence-electron chi connectivity index (χ1n) is 5.70. The summed E-state index contributed by atoms with van der Waals surface area (Å²) >= 11 is 0. The van der Waals surface area contributed by atoms with Gasteiger partial charge in [-0.3, -0.25) is 4.79 Å². The lowest BCUT2D eigenvalue weighted by Crippen LogP contribution is -2.55. The number of hydrogen-bond donors (Lipinski definition) is 0. The third kappa shape index (κ3) is 3.09. The average Bonchev–Trinajstić information content (AvgIpc) is 2.16. The third-order valence-electron chi connectivity index (χ3n) is 3.16. The Morgan fingerprint density at radius 3 is 1.88 bits per heavy atom. The Bertz CT molecular complexity index is 394. The van der Waals surface area contributed by atoms with Gasteiger partial charge in [0, 0.05) is 0 Å². The molecule has 0 atom stereocenters. The molecule has 0 saturated carbocycles. The Kier molecular flexibility index (Phi) is 4.95. The summed E-state index contributed by atoms with van der Waals surface area (Å²) in [5, 5.41) is -0.635. The van der Waals surface area contributed by atoms with Gasteiger partial charge in [0.2, 0.25) is 10.0 Å². The standard InChI is InChI=1S/C12H23NO3S/c1-8-11(14)13(12(6,7)9(2)3)17(15,16)10(4)5/h8-10H,1H2,2-7H3. The van der Waals surface area contributed by atoms with Gasteiger partial charge in [0.15, 0.2) is 0 Å². The van der Waals surface area contributed by atoms with E-state index >= 15 is 0 Å². The number of nitrogens with zero attached hydrogens (tertiary/aromatic N) is 1. The van der Waals surface area contributed by atoms with Crippen molar-refractivity contribution in [2.45, 2.75) is 52.3 Å². The third-order valence-corrected chi connectivity index (χ3v) is 5.51. The first-order chi connectivity index (χ1) is 7.49. The molecule has 17 heavy (non-hydrogen) atoms. The van der Waals surface area contributed by atoms with Gasteiger partial charge in [0.25, 0.3) is 5.91 Å². The predicted octanol–water partition coefficient (Wildman–Crippen LogP) is 2.17. The van der Waals surface area contributed by atoms with E-state index in [1.807, 2.05) is 13.8 Å². The van der Waals surface area contributed by atoms with Gasteiger partial charge in [-0.15, -0.1) is 0 Å². The molecule has 0 heterocycles. The zero-order valence-corrected chi connectivity index (χ0v) is 12.3. The van der Waals surface area contributed by atoms with Crippen molar-refractivity contribution in [3.63, 3.8) is 0 Å². The molecule has 0 aliphatic heterocycles. The van der Waals surface area contributed by atoms with Gasteiger partial charge in [0.05, 0.1) is 10.8 Å². The van der Waals surface area contributed by atoms with E-state index < -0.39 is 26.7 Å². The van der Waals surface area contributed by atoms with Crippen LogP contribution in [0, 0.1) is 5.92 Å². The van der Waals surface area contributed by atoms with Crippen LogP contribution in [0.25, 0.3) is 0 Å². The lowest BCUT2D eigenvalue weighted by molar-refractivity contribution is -0.125. The summed E-state index contributed by atoms with van der Waals surface area (Å²) in [7, 11) is -3.64. The van der Waals surface area contributed by atoms with E-state index in [0.29, 0.717) is 0 Å². The van der Waals surface area contributed by atoms with Gasteiger partial charge in [-0.2, -0.15) is 0 Å². The fourth-order valence-electron chi connectivity index (χ4n) is 1.27. The van der Waals surface area contributed by atoms with Crippen LogP contribution < -0.4 is 0 Å². The van der Waals surface area contributed by atoms with Gasteiger partial charge in [0.1, 0.15) is 0 Å². The topological polar surface area (TPSA) is 54.5 Å². The summed E-state index contributed by atoms with van der Waals surface area (Å²) in [6.07, 6.45) is 1.05. The molecule has 0 saturated heterocycles. The first-order valence-corrected chi connectivity index (χ1v) is 7.20. The molecule has 0 rings (SSSR count). The number of hydrogen-bond acceptors (Lipinski definition) is 3. The Morgan fingerprint density at radius 2 is 1.65 bits per heavy atom. The number of rotatable bonds is 5. The number of sulfonamides is 1. The SMILES string of the molecule is C=CC(=O)N(C(C)(C)C(C)C)S(=O)(=O)C(C)C. The summed E-state index contributed by atoms with van der Waals surface area (Å²) in [6, 6.07) is 0. The van der Waals surface area contributed by atoms with Crippen LogP contribution in [0.5, 0.6) is 0 Å². The highest BCUT2D eigenvalue weighted by atomic mass is 32.2. The minimum Gasteiger partial charge on any atom is -0.269 e. The molecule has 1 amide bonds. The smallest absolute Gasteiger partial charge is 0.259 e. The van der Waals surface area contributed by atoms with Gasteiger partial charge < -0.3 is 0 Å². The predicted molar refractivity (Wildman–Crippen MR) is 70.0 cm³/mol. The molecule has 0 fully saturated rings. The summed E-state index contributed by atoms with van der Waals surface area (Å²) in [5.41, 5.74) is -0.769. The second-order valence-corrected chi connectivity index (χ2v) is 7.55. The van der Waals surface area contributed by atoms with Crippen LogP contribution in [0.1, 0.15) is 41.5 Å². The molecule has 0 aromatic carbocycles. The van der Waals surface area contributed by atoms with Crippen LogP contribution in [0.3, 0.4) is 0 Å². The molecule has 4 nitrogen and oxygen atoms in total. The fraction of sp³-hybridized carbons (Fsp3) is 0.750. The van der Waals surface area contributed by atoms with Crippen molar-refractivity contribution < 1.29 is 13.2 Å². The summed E-state index contributed by atoms with van der Waals surface area (Å²) in [4.78, 5) is 11.8. The molecule has 0 spiro atoms. The second kappa shape index (κ2) is 5.21. The summed E-state index contributed by atoms with van der Waals surface area (Å²) < 4.78 is 25.4. The minimum atomic E-state index is -3.64. The maximum atomic E-state index is 12.2. The quantitative estimate of drug-likeness (QED) is 0.713. The molecule has 5 heteroatoms. The van der Waals surface area contributed by atoms with Crippen molar-refractivity contribution in [2.75, 3.05) is 0 Å². The molecule has 100 valence electrons. The van der Waals surface area contributed by atoms with Gasteiger partial charge in [-0.1, -0.05) is 20.4 Å². The largest absolute Gasteiger partial charge is 0.269 e. The van der Waals surface area contributed by atoms with E-state index in [1.165, 1.54) is 0 Å². The average molecular weight is 261 g/mol. The van der Waals surface area contributed by atoms with Crippen LogP contribution in [-0.4, -0.2) is 29.4 Å². The van der Waals surface area contributed by atoms with E-state index in [0.717, 1.165) is 10.4 Å². The van der Waals surface area contributed by atoms with E-state index in [-0.39, 0.29) is 5.92 Å². The molecule has 0 unspecified atom stereocenters. The molecule has 0 aliphatic carbocycles. The Hall–Kier alpha value is -0.840. The van der Waals surface area contributed by atoms with Crippen LogP contribution in [0.2, 0.25) is 0 Å². The van der Waals surface area contributed by atoms with E-state index in [1.54, 1.807) is 27.7 Å². The molecule has 0 aliphatic rings. The molecule has 0 bridgehead atoms. The van der Waals surface area contributed by atoms with Gasteiger partial charge >= 0.3 is 0 Å². The van der Waals surface area contributed by atoms with Crippen molar-refractivity contribution in [1.82, 2.24) is 4.31 Å². The van der Waals surface area contributed by atoms with Crippen molar-refractivity contribution in [1.29, 1.82) is 0 Å². The summed E-state index contributed by atoms with van der Waals surface area (Å²) in [6.45, 7) is 13.8. The zero-order chi connectivity index (χ0) is 14.0. The van der Waals surface area contributed by atoms with Crippen molar-refractivity contribution in [3.8, 4) is 0 Å². The molecular weight excluding hydrogens is 238 g/mol. The highest BCUT2D eigenvalue weighted by Gasteiger charge is 2.42. The maximum absolute atomic E-state index is 12.2. The number of carbonyl (C=O) groups excluding carboxylic acids is 1. The summed E-state index contributed by atoms with van der Waals surface area (Å²) in [5.74, 6) is -0.558. The zero-order valence-electron chi connectivity index (χ0n) is 11.5. The molecule has 0 aromatic rings. The monoisotopic (exact) mass is 261 g/mol. The van der Waals surface area contributed by atoms with E-state index in [2.05, 4.69) is 6.58 Å². The highest BCUT2D eigenvalue weighted by Crippen LogP contribution is 2.29. The second-order valence-electron chi connectivity index (χ2n) is 5.21. The molecule has 0 aromatic heterocycles. The van der Waals surface area contributed by atoms with Gasteiger partial charge in [-0.25, -0.2) is 12.7 Å². The number of amides is 1. The van der Waals surface area contributed by atoms with E-state index in [4.69, 9.17) is 0 Å². The first kappa shape index (κ1) is 16.2.